The average molecular weight is 364 g/mol. The number of carbonyl (C=O) groups is 1. The van der Waals surface area contributed by atoms with Crippen molar-refractivity contribution in [3.63, 3.8) is 0 Å². The second-order valence-electron chi connectivity index (χ2n) is 7.27. The normalized spacial score (nSPS) is 40.5. The summed E-state index contributed by atoms with van der Waals surface area (Å²) >= 11 is 12.4. The van der Waals surface area contributed by atoms with Crippen LogP contribution in [0.25, 0.3) is 0 Å². The van der Waals surface area contributed by atoms with E-state index in [9.17, 15) is 9.90 Å². The summed E-state index contributed by atoms with van der Waals surface area (Å²) < 4.78 is 0. The monoisotopic (exact) mass is 363 g/mol. The topological polar surface area (TPSA) is 78.6 Å². The number of hydrogen-bond donors (Lipinski definition) is 3. The lowest BCUT2D eigenvalue weighted by molar-refractivity contribution is -0.136. The summed E-state index contributed by atoms with van der Waals surface area (Å²) in [5.41, 5.74) is 6.46. The fourth-order valence-corrected chi connectivity index (χ4v) is 4.70. The van der Waals surface area contributed by atoms with E-state index in [1.807, 2.05) is 4.90 Å². The number of piperidine rings is 1. The van der Waals surface area contributed by atoms with Crippen LogP contribution in [0.3, 0.4) is 0 Å². The van der Waals surface area contributed by atoms with Gasteiger partial charge in [-0.05, 0) is 44.6 Å². The van der Waals surface area contributed by atoms with Crippen molar-refractivity contribution in [2.45, 2.75) is 61.0 Å². The van der Waals surface area contributed by atoms with Crippen molar-refractivity contribution in [1.29, 1.82) is 0 Å². The van der Waals surface area contributed by atoms with Crippen molar-refractivity contribution in [3.8, 4) is 0 Å². The maximum atomic E-state index is 12.2. The quantitative estimate of drug-likeness (QED) is 0.651. The molecule has 0 aromatic rings. The van der Waals surface area contributed by atoms with E-state index < -0.39 is 6.10 Å². The van der Waals surface area contributed by atoms with E-state index in [0.29, 0.717) is 18.8 Å². The summed E-state index contributed by atoms with van der Waals surface area (Å²) in [5.74, 6) is 0.573. The first kappa shape index (κ1) is 17.7. The van der Waals surface area contributed by atoms with Gasteiger partial charge in [0, 0.05) is 25.0 Å². The minimum Gasteiger partial charge on any atom is -0.393 e. The molecule has 2 heterocycles. The fraction of sp³-hybridized carbons (Fsp3) is 0.938. The zero-order chi connectivity index (χ0) is 16.6. The van der Waals surface area contributed by atoms with Crippen LogP contribution >= 0.6 is 23.2 Å². The molecule has 4 N–H and O–H groups in total. The van der Waals surface area contributed by atoms with Crippen LogP contribution in [-0.4, -0.2) is 64.5 Å². The maximum absolute atomic E-state index is 12.2. The number of amides is 1. The van der Waals surface area contributed by atoms with E-state index in [4.69, 9.17) is 28.9 Å². The second kappa shape index (κ2) is 7.44. The summed E-state index contributed by atoms with van der Waals surface area (Å²) in [5, 5.41) is 13.2. The molecule has 7 heteroatoms. The number of nitrogens with two attached hydrogens (primary N) is 1. The van der Waals surface area contributed by atoms with E-state index in [2.05, 4.69) is 5.32 Å². The Hall–Kier alpha value is -0.0700. The second-order valence-corrected chi connectivity index (χ2v) is 8.39. The molecule has 4 unspecified atom stereocenters. The van der Waals surface area contributed by atoms with Crippen molar-refractivity contribution < 1.29 is 9.90 Å². The number of rotatable bonds is 3. The standard InChI is InChI=1S/C16H27Cl2N3O2/c17-11-7-10(14(22)8-12(11)18)15(19)9-2-5-21(6-3-9)16(23)13-1-4-20-13/h9-15,20,22H,1-8,19H2/t10?,11?,12?,13-,14?,15-/m1/s1. The largest absolute Gasteiger partial charge is 0.393 e. The zero-order valence-corrected chi connectivity index (χ0v) is 14.8. The lowest BCUT2D eigenvalue weighted by Gasteiger charge is -2.43. The van der Waals surface area contributed by atoms with Gasteiger partial charge in [0.15, 0.2) is 0 Å². The zero-order valence-electron chi connectivity index (χ0n) is 13.3. The van der Waals surface area contributed by atoms with Gasteiger partial charge >= 0.3 is 0 Å². The number of aliphatic hydroxyl groups is 1. The van der Waals surface area contributed by atoms with Crippen LogP contribution in [0, 0.1) is 11.8 Å². The molecule has 0 bridgehead atoms. The van der Waals surface area contributed by atoms with Crippen molar-refractivity contribution in [1.82, 2.24) is 10.2 Å². The highest BCUT2D eigenvalue weighted by Gasteiger charge is 2.41. The lowest BCUT2D eigenvalue weighted by Crippen LogP contribution is -2.57. The average Bonchev–Trinajstić information content (AvgIpc) is 2.48. The summed E-state index contributed by atoms with van der Waals surface area (Å²) in [6, 6.07) is -0.0486. The van der Waals surface area contributed by atoms with Crippen LogP contribution in [-0.2, 0) is 4.79 Å². The van der Waals surface area contributed by atoms with E-state index in [0.717, 1.165) is 38.9 Å². The predicted octanol–water partition coefficient (Wildman–Crippen LogP) is 0.900. The predicted molar refractivity (Wildman–Crippen MR) is 91.7 cm³/mol. The van der Waals surface area contributed by atoms with Crippen molar-refractivity contribution >= 4 is 29.1 Å². The molecule has 3 aliphatic rings. The molecule has 3 fully saturated rings. The highest BCUT2D eigenvalue weighted by molar-refractivity contribution is 6.30. The molecule has 23 heavy (non-hydrogen) atoms. The third-order valence-electron chi connectivity index (χ3n) is 5.86. The molecule has 2 saturated heterocycles. The number of nitrogens with zero attached hydrogens (tertiary/aromatic N) is 1. The van der Waals surface area contributed by atoms with Crippen molar-refractivity contribution in [3.05, 3.63) is 0 Å². The minimum atomic E-state index is -0.471. The van der Waals surface area contributed by atoms with Crippen molar-refractivity contribution in [2.75, 3.05) is 19.6 Å². The Morgan fingerprint density at radius 3 is 2.35 bits per heavy atom. The minimum absolute atomic E-state index is 0.00745. The molecule has 1 amide bonds. The molecule has 0 radical (unpaired) electrons. The number of alkyl halides is 2. The molecule has 2 aliphatic heterocycles. The Morgan fingerprint density at radius 2 is 1.78 bits per heavy atom. The number of nitrogens with one attached hydrogen (secondary N) is 1. The molecular formula is C16H27Cl2N3O2. The van der Waals surface area contributed by atoms with Gasteiger partial charge in [0.1, 0.15) is 0 Å². The van der Waals surface area contributed by atoms with Crippen LogP contribution in [0.5, 0.6) is 0 Å². The van der Waals surface area contributed by atoms with E-state index >= 15 is 0 Å². The van der Waals surface area contributed by atoms with Gasteiger partial charge in [-0.2, -0.15) is 0 Å². The Bertz CT molecular complexity index is 428. The third kappa shape index (κ3) is 3.79. The third-order valence-corrected chi connectivity index (χ3v) is 6.96. The van der Waals surface area contributed by atoms with Crippen LogP contribution in [0.1, 0.15) is 32.1 Å². The van der Waals surface area contributed by atoms with Gasteiger partial charge in [-0.1, -0.05) is 0 Å². The highest BCUT2D eigenvalue weighted by Crippen LogP contribution is 2.37. The molecule has 1 aliphatic carbocycles. The molecule has 0 spiro atoms. The van der Waals surface area contributed by atoms with Crippen LogP contribution in [0.4, 0.5) is 0 Å². The summed E-state index contributed by atoms with van der Waals surface area (Å²) in [7, 11) is 0. The van der Waals surface area contributed by atoms with Gasteiger partial charge in [-0.3, -0.25) is 4.79 Å². The van der Waals surface area contributed by atoms with E-state index in [-0.39, 0.29) is 34.7 Å². The van der Waals surface area contributed by atoms with Crippen LogP contribution < -0.4 is 11.1 Å². The van der Waals surface area contributed by atoms with E-state index in [1.165, 1.54) is 0 Å². The maximum Gasteiger partial charge on any atom is 0.239 e. The van der Waals surface area contributed by atoms with Gasteiger partial charge in [-0.15, -0.1) is 23.2 Å². The highest BCUT2D eigenvalue weighted by atomic mass is 35.5. The molecule has 132 valence electrons. The number of halogens is 2. The first-order chi connectivity index (χ1) is 11.0. The SMILES string of the molecule is N[C@H](C1CCN(C(=O)[C@H]2CCN2)CC1)C1CC(Cl)C(Cl)CC1O. The lowest BCUT2D eigenvalue weighted by atomic mass is 9.74. The Balaban J connectivity index is 1.51. The number of carbonyl (C=O) groups excluding carboxylic acids is 1. The fourth-order valence-electron chi connectivity index (χ4n) is 4.11. The molecule has 3 rings (SSSR count). The van der Waals surface area contributed by atoms with Crippen molar-refractivity contribution in [2.24, 2.45) is 17.6 Å². The summed E-state index contributed by atoms with van der Waals surface area (Å²) in [6.45, 7) is 2.47. The van der Waals surface area contributed by atoms with Gasteiger partial charge in [0.25, 0.3) is 0 Å². The Kier molecular flexibility index (Phi) is 5.74. The number of aliphatic hydroxyl groups excluding tert-OH is 1. The Labute approximate surface area is 147 Å². The molecule has 6 atom stereocenters. The summed E-state index contributed by atoms with van der Waals surface area (Å²) in [4.78, 5) is 14.2. The Morgan fingerprint density at radius 1 is 1.17 bits per heavy atom. The van der Waals surface area contributed by atoms with E-state index in [1.54, 1.807) is 0 Å². The molecular weight excluding hydrogens is 337 g/mol. The van der Waals surface area contributed by atoms with Crippen LogP contribution in [0.15, 0.2) is 0 Å². The van der Waals surface area contributed by atoms with Crippen LogP contribution in [0.2, 0.25) is 0 Å². The van der Waals surface area contributed by atoms with Gasteiger partial charge in [0.2, 0.25) is 5.91 Å². The smallest absolute Gasteiger partial charge is 0.239 e. The summed E-state index contributed by atoms with van der Waals surface area (Å²) in [6.07, 6.45) is 3.46. The number of likely N-dealkylation sites (tertiary alicyclic amines) is 1. The van der Waals surface area contributed by atoms with Gasteiger partial charge in [0.05, 0.1) is 22.9 Å². The molecule has 1 saturated carbocycles. The molecule has 5 nitrogen and oxygen atoms in total. The van der Waals surface area contributed by atoms with Gasteiger partial charge < -0.3 is 21.1 Å². The first-order valence-corrected chi connectivity index (χ1v) is 9.58. The van der Waals surface area contributed by atoms with Gasteiger partial charge in [-0.25, -0.2) is 0 Å². The molecule has 0 aromatic carbocycles. The first-order valence-electron chi connectivity index (χ1n) is 8.71. The molecule has 0 aromatic heterocycles. The number of hydrogen-bond acceptors (Lipinski definition) is 4.